The number of carbonyl (C=O) groups excluding carboxylic acids is 1. The zero-order valence-electron chi connectivity index (χ0n) is 14.2. The Hall–Kier alpha value is -1.92. The van der Waals surface area contributed by atoms with Gasteiger partial charge in [0.2, 0.25) is 0 Å². The summed E-state index contributed by atoms with van der Waals surface area (Å²) in [5.74, 6) is 0.388. The van der Waals surface area contributed by atoms with Crippen molar-refractivity contribution in [3.63, 3.8) is 0 Å². The van der Waals surface area contributed by atoms with E-state index in [9.17, 15) is 9.59 Å². The molecule has 2 aromatic heterocycles. The highest BCUT2D eigenvalue weighted by atomic mass is 32.2. The Balaban J connectivity index is 2.01. The van der Waals surface area contributed by atoms with E-state index >= 15 is 0 Å². The van der Waals surface area contributed by atoms with Gasteiger partial charge >= 0.3 is 0 Å². The van der Waals surface area contributed by atoms with Crippen LogP contribution >= 0.6 is 23.1 Å². The zero-order chi connectivity index (χ0) is 17.6. The Labute approximate surface area is 153 Å². The van der Waals surface area contributed by atoms with Crippen LogP contribution in [0.2, 0.25) is 0 Å². The monoisotopic (exact) mass is 370 g/mol. The molecule has 0 unspecified atom stereocenters. The summed E-state index contributed by atoms with van der Waals surface area (Å²) >= 11 is 2.97. The maximum absolute atomic E-state index is 13.4. The van der Waals surface area contributed by atoms with Crippen LogP contribution in [-0.2, 0) is 17.6 Å². The average Bonchev–Trinajstić information content (AvgIpc) is 3.14. The highest BCUT2D eigenvalue weighted by Gasteiger charge is 2.24. The Bertz CT molecular complexity index is 1050. The van der Waals surface area contributed by atoms with E-state index in [1.807, 2.05) is 31.2 Å². The van der Waals surface area contributed by atoms with E-state index < -0.39 is 0 Å². The Kier molecular flexibility index (Phi) is 4.25. The van der Waals surface area contributed by atoms with Crippen molar-refractivity contribution in [3.05, 3.63) is 50.6 Å². The molecule has 128 valence electrons. The van der Waals surface area contributed by atoms with Crippen molar-refractivity contribution < 1.29 is 4.79 Å². The molecule has 0 bridgehead atoms. The SMILES string of the molecule is CC(=O)CSc1nc2sc3c(c2c(=O)n1-c1ccccc1C)CCC3. The van der Waals surface area contributed by atoms with Crippen molar-refractivity contribution in [1.29, 1.82) is 0 Å². The molecule has 0 saturated carbocycles. The fourth-order valence-electron chi connectivity index (χ4n) is 3.31. The Morgan fingerprint density at radius 2 is 2.12 bits per heavy atom. The molecule has 3 aromatic rings. The first-order valence-corrected chi connectivity index (χ1v) is 10.1. The number of aryl methyl sites for hydroxylation is 3. The van der Waals surface area contributed by atoms with Crippen LogP contribution in [0, 0.1) is 6.92 Å². The highest BCUT2D eigenvalue weighted by Crippen LogP contribution is 2.36. The van der Waals surface area contributed by atoms with Crippen molar-refractivity contribution >= 4 is 39.1 Å². The second kappa shape index (κ2) is 6.42. The number of Topliss-reactive ketones (excluding diaryl/α,β-unsaturated/α-hetero) is 1. The van der Waals surface area contributed by atoms with Crippen LogP contribution in [0.4, 0.5) is 0 Å². The second-order valence-corrected chi connectivity index (χ2v) is 8.38. The minimum Gasteiger partial charge on any atom is -0.299 e. The number of ketones is 1. The lowest BCUT2D eigenvalue weighted by Crippen LogP contribution is -2.23. The largest absolute Gasteiger partial charge is 0.299 e. The molecular formula is C19H18N2O2S2. The first kappa shape index (κ1) is 16.5. The molecule has 2 heterocycles. The second-order valence-electron chi connectivity index (χ2n) is 6.35. The molecule has 25 heavy (non-hydrogen) atoms. The summed E-state index contributed by atoms with van der Waals surface area (Å²) in [6, 6.07) is 7.81. The van der Waals surface area contributed by atoms with E-state index in [-0.39, 0.29) is 11.3 Å². The van der Waals surface area contributed by atoms with E-state index in [1.165, 1.54) is 22.2 Å². The molecule has 0 atom stereocenters. The van der Waals surface area contributed by atoms with E-state index in [0.29, 0.717) is 10.9 Å². The molecule has 0 amide bonds. The third kappa shape index (κ3) is 2.83. The molecule has 0 aliphatic heterocycles. The first-order chi connectivity index (χ1) is 12.1. The number of thioether (sulfide) groups is 1. The number of hydrogen-bond donors (Lipinski definition) is 0. The minimum absolute atomic E-state index is 0.00949. The highest BCUT2D eigenvalue weighted by molar-refractivity contribution is 7.99. The summed E-state index contributed by atoms with van der Waals surface area (Å²) in [5.41, 5.74) is 3.03. The molecule has 4 nitrogen and oxygen atoms in total. The minimum atomic E-state index is -0.00949. The van der Waals surface area contributed by atoms with E-state index in [0.717, 1.165) is 40.7 Å². The first-order valence-electron chi connectivity index (χ1n) is 8.32. The van der Waals surface area contributed by atoms with Crippen molar-refractivity contribution in [2.75, 3.05) is 5.75 Å². The van der Waals surface area contributed by atoms with E-state index in [1.54, 1.807) is 22.8 Å². The van der Waals surface area contributed by atoms with Gasteiger partial charge < -0.3 is 0 Å². The van der Waals surface area contributed by atoms with Crippen molar-refractivity contribution in [2.24, 2.45) is 0 Å². The van der Waals surface area contributed by atoms with Crippen molar-refractivity contribution in [3.8, 4) is 5.69 Å². The zero-order valence-corrected chi connectivity index (χ0v) is 15.8. The predicted octanol–water partition coefficient (Wildman–Crippen LogP) is 3.93. The van der Waals surface area contributed by atoms with Gasteiger partial charge in [-0.1, -0.05) is 30.0 Å². The number of para-hydroxylation sites is 1. The van der Waals surface area contributed by atoms with Crippen LogP contribution in [0.15, 0.2) is 34.2 Å². The number of benzene rings is 1. The normalized spacial score (nSPS) is 13.4. The molecule has 0 N–H and O–H groups in total. The fraction of sp³-hybridized carbons (Fsp3) is 0.316. The summed E-state index contributed by atoms with van der Waals surface area (Å²) in [7, 11) is 0. The molecule has 0 saturated heterocycles. The molecule has 4 rings (SSSR count). The van der Waals surface area contributed by atoms with Gasteiger partial charge in [-0.05, 0) is 50.3 Å². The third-order valence-corrected chi connectivity index (χ3v) is 6.74. The summed E-state index contributed by atoms with van der Waals surface area (Å²) in [6.45, 7) is 3.55. The van der Waals surface area contributed by atoms with Gasteiger partial charge in [-0.3, -0.25) is 14.2 Å². The molecule has 0 radical (unpaired) electrons. The quantitative estimate of drug-likeness (QED) is 0.516. The average molecular weight is 370 g/mol. The smallest absolute Gasteiger partial charge is 0.267 e. The van der Waals surface area contributed by atoms with Crippen LogP contribution < -0.4 is 5.56 Å². The summed E-state index contributed by atoms with van der Waals surface area (Å²) in [5, 5.41) is 1.37. The van der Waals surface area contributed by atoms with Gasteiger partial charge in [0.1, 0.15) is 10.6 Å². The van der Waals surface area contributed by atoms with Gasteiger partial charge in [0.05, 0.1) is 16.8 Å². The van der Waals surface area contributed by atoms with Gasteiger partial charge in [-0.25, -0.2) is 4.98 Å². The summed E-state index contributed by atoms with van der Waals surface area (Å²) < 4.78 is 1.69. The lowest BCUT2D eigenvalue weighted by atomic mass is 10.2. The van der Waals surface area contributed by atoms with Gasteiger partial charge in [-0.15, -0.1) is 11.3 Å². The maximum Gasteiger partial charge on any atom is 0.267 e. The number of nitrogens with zero attached hydrogens (tertiary/aromatic N) is 2. The van der Waals surface area contributed by atoms with Gasteiger partial charge in [-0.2, -0.15) is 0 Å². The van der Waals surface area contributed by atoms with E-state index in [4.69, 9.17) is 4.98 Å². The lowest BCUT2D eigenvalue weighted by molar-refractivity contribution is -0.114. The van der Waals surface area contributed by atoms with Crippen molar-refractivity contribution in [2.45, 2.75) is 38.3 Å². The van der Waals surface area contributed by atoms with Crippen molar-refractivity contribution in [1.82, 2.24) is 9.55 Å². The number of fused-ring (bicyclic) bond motifs is 3. The van der Waals surface area contributed by atoms with Crippen LogP contribution in [0.25, 0.3) is 15.9 Å². The number of rotatable bonds is 4. The maximum atomic E-state index is 13.4. The van der Waals surface area contributed by atoms with Crippen LogP contribution in [-0.4, -0.2) is 21.1 Å². The van der Waals surface area contributed by atoms with Gasteiger partial charge in [0.15, 0.2) is 5.16 Å². The molecular weight excluding hydrogens is 352 g/mol. The third-order valence-electron chi connectivity index (χ3n) is 4.47. The lowest BCUT2D eigenvalue weighted by Gasteiger charge is -2.14. The summed E-state index contributed by atoms with van der Waals surface area (Å²) in [6.07, 6.45) is 3.11. The van der Waals surface area contributed by atoms with Crippen LogP contribution in [0.1, 0.15) is 29.3 Å². The molecule has 1 aliphatic rings. The standard InChI is InChI=1S/C19H18N2O2S2/c1-11-6-3-4-8-14(11)21-18(23)16-13-7-5-9-15(13)25-17(16)20-19(21)24-10-12(2)22/h3-4,6,8H,5,7,9-10H2,1-2H3. The van der Waals surface area contributed by atoms with Gasteiger partial charge in [0, 0.05) is 4.88 Å². The predicted molar refractivity (Wildman–Crippen MR) is 103 cm³/mol. The van der Waals surface area contributed by atoms with Gasteiger partial charge in [0.25, 0.3) is 5.56 Å². The topological polar surface area (TPSA) is 52.0 Å². The number of aromatic nitrogens is 2. The molecule has 6 heteroatoms. The Morgan fingerprint density at radius 1 is 1.32 bits per heavy atom. The Morgan fingerprint density at radius 3 is 2.88 bits per heavy atom. The number of hydrogen-bond acceptors (Lipinski definition) is 5. The molecule has 1 aliphatic carbocycles. The number of thiophene rings is 1. The fourth-order valence-corrected chi connectivity index (χ4v) is 5.42. The summed E-state index contributed by atoms with van der Waals surface area (Å²) in [4.78, 5) is 31.7. The van der Waals surface area contributed by atoms with Crippen LogP contribution in [0.5, 0.6) is 0 Å². The number of carbonyl (C=O) groups is 1. The molecule has 0 spiro atoms. The van der Waals surface area contributed by atoms with Crippen LogP contribution in [0.3, 0.4) is 0 Å². The molecule has 1 aromatic carbocycles. The van der Waals surface area contributed by atoms with E-state index in [2.05, 4.69) is 0 Å². The molecule has 0 fully saturated rings.